The Kier molecular flexibility index (Phi) is 10.5. The molecule has 0 amide bonds. The first-order chi connectivity index (χ1) is 18.5. The van der Waals surface area contributed by atoms with E-state index in [4.69, 9.17) is 0 Å². The monoisotopic (exact) mass is 572 g/mol. The fourth-order valence-electron chi connectivity index (χ4n) is 4.40. The minimum absolute atomic E-state index is 0.546. The van der Waals surface area contributed by atoms with Crippen LogP contribution in [0.2, 0.25) is 0 Å². The fraction of sp³-hybridized carbons (Fsp3) is 0.226. The molecule has 0 radical (unpaired) electrons. The van der Waals surface area contributed by atoms with Crippen molar-refractivity contribution in [3.8, 4) is 0 Å². The lowest BCUT2D eigenvalue weighted by Gasteiger charge is -2.18. The van der Waals surface area contributed by atoms with Gasteiger partial charge in [0.1, 0.15) is 26.0 Å². The van der Waals surface area contributed by atoms with Gasteiger partial charge in [0.15, 0.2) is 0 Å². The maximum absolute atomic E-state index is 12.0. The van der Waals surface area contributed by atoms with Crippen LogP contribution in [0.5, 0.6) is 0 Å². The Labute approximate surface area is 230 Å². The Morgan fingerprint density at radius 2 is 1.13 bits per heavy atom. The predicted octanol–water partition coefficient (Wildman–Crippen LogP) is 6.47. The summed E-state index contributed by atoms with van der Waals surface area (Å²) in [5.74, 6) is 0. The van der Waals surface area contributed by atoms with Crippen molar-refractivity contribution < 1.29 is 26.1 Å². The van der Waals surface area contributed by atoms with E-state index >= 15 is 0 Å². The minimum Gasteiger partial charge on any atom is -0.744 e. The molecule has 0 aliphatic rings. The summed E-state index contributed by atoms with van der Waals surface area (Å²) in [6.07, 6.45) is -1.22. The van der Waals surface area contributed by atoms with Gasteiger partial charge in [0.25, 0.3) is 0 Å². The van der Waals surface area contributed by atoms with E-state index in [1.807, 2.05) is 0 Å². The van der Waals surface area contributed by atoms with Gasteiger partial charge in [0.05, 0.1) is 18.4 Å². The van der Waals surface area contributed by atoms with Gasteiger partial charge in [0.2, 0.25) is 0 Å². The molecule has 8 heteroatoms. The van der Waals surface area contributed by atoms with Gasteiger partial charge in [-0.1, -0.05) is 69.3 Å². The van der Waals surface area contributed by atoms with E-state index in [2.05, 4.69) is 93.6 Å². The third kappa shape index (κ3) is 8.01. The molecule has 0 saturated heterocycles. The lowest BCUT2D eigenvalue weighted by Crippen LogP contribution is -2.26. The molecule has 0 fully saturated rings. The maximum Gasteiger partial charge on any atom is 0.416 e. The largest absolute Gasteiger partial charge is 0.744 e. The van der Waals surface area contributed by atoms with E-state index in [1.54, 1.807) is 5.30 Å². The SMILES string of the molecule is CCc1cc(CC)c([PH+](c2ccccc2)c2ccccc2)c(CC)c1.O=S(=O)([O-])c1ccc(C(F)(F)F)cc1. The first-order valence-corrected chi connectivity index (χ1v) is 15.7. The number of hydrogen-bond acceptors (Lipinski definition) is 3. The molecule has 39 heavy (non-hydrogen) atoms. The van der Waals surface area contributed by atoms with Gasteiger partial charge < -0.3 is 4.55 Å². The van der Waals surface area contributed by atoms with E-state index in [9.17, 15) is 26.1 Å². The van der Waals surface area contributed by atoms with Crippen molar-refractivity contribution in [3.63, 3.8) is 0 Å². The molecule has 0 N–H and O–H groups in total. The average molecular weight is 573 g/mol. The molecule has 3 nitrogen and oxygen atoms in total. The van der Waals surface area contributed by atoms with Crippen LogP contribution in [0.15, 0.2) is 102 Å². The predicted molar refractivity (Wildman–Crippen MR) is 154 cm³/mol. The molecule has 206 valence electrons. The van der Waals surface area contributed by atoms with Gasteiger partial charge in [-0.05, 0) is 84.5 Å². The second-order valence-corrected chi connectivity index (χ2v) is 12.7. The van der Waals surface area contributed by atoms with Gasteiger partial charge in [0, 0.05) is 0 Å². The van der Waals surface area contributed by atoms with Crippen molar-refractivity contribution >= 4 is 34.0 Å². The summed E-state index contributed by atoms with van der Waals surface area (Å²) in [5.41, 5.74) is 3.56. The Morgan fingerprint density at radius 3 is 1.46 bits per heavy atom. The molecule has 0 atom stereocenters. The van der Waals surface area contributed by atoms with Crippen molar-refractivity contribution in [2.75, 3.05) is 0 Å². The zero-order valence-electron chi connectivity index (χ0n) is 22.1. The highest BCUT2D eigenvalue weighted by atomic mass is 32.2. The molecule has 0 unspecified atom stereocenters. The quantitative estimate of drug-likeness (QED) is 0.188. The van der Waals surface area contributed by atoms with Gasteiger partial charge >= 0.3 is 6.18 Å². The molecule has 0 heterocycles. The molecule has 4 aromatic carbocycles. The number of benzene rings is 4. The van der Waals surface area contributed by atoms with Gasteiger partial charge in [-0.3, -0.25) is 0 Å². The highest BCUT2D eigenvalue weighted by molar-refractivity contribution is 7.85. The highest BCUT2D eigenvalue weighted by Crippen LogP contribution is 2.36. The molecular weight excluding hydrogens is 540 g/mol. The molecule has 0 aliphatic heterocycles. The van der Waals surface area contributed by atoms with Crippen molar-refractivity contribution in [1.82, 2.24) is 0 Å². The van der Waals surface area contributed by atoms with Crippen LogP contribution in [-0.2, 0) is 35.6 Å². The van der Waals surface area contributed by atoms with Crippen LogP contribution in [-0.4, -0.2) is 13.0 Å². The topological polar surface area (TPSA) is 57.2 Å². The lowest BCUT2D eigenvalue weighted by atomic mass is 10.0. The number of halogens is 3. The zero-order valence-corrected chi connectivity index (χ0v) is 23.9. The van der Waals surface area contributed by atoms with Gasteiger partial charge in [-0.25, -0.2) is 8.42 Å². The van der Waals surface area contributed by atoms with Crippen LogP contribution < -0.4 is 15.9 Å². The summed E-state index contributed by atoms with van der Waals surface area (Å²) < 4.78 is 67.0. The number of hydrogen-bond donors (Lipinski definition) is 0. The molecule has 0 aliphatic carbocycles. The Balaban J connectivity index is 0.000000255. The third-order valence-electron chi connectivity index (χ3n) is 6.38. The smallest absolute Gasteiger partial charge is 0.416 e. The van der Waals surface area contributed by atoms with Crippen molar-refractivity contribution in [3.05, 3.63) is 119 Å². The summed E-state index contributed by atoms with van der Waals surface area (Å²) >= 11 is 0. The molecule has 0 spiro atoms. The molecule has 4 rings (SSSR count). The standard InChI is InChI=1S/C24H27P.C7H5F3O3S/c1-4-19-17-20(5-2)24(21(6-3)18-19)25(22-13-9-7-10-14-22)23-15-11-8-12-16-23;8-7(9,10)5-1-3-6(4-2-5)14(11,12)13/h7-18H,4-6H2,1-3H3;1-4H,(H,11,12,13). The first-order valence-electron chi connectivity index (χ1n) is 12.8. The van der Waals surface area contributed by atoms with Crippen LogP contribution in [0.4, 0.5) is 13.2 Å². The molecule has 0 saturated carbocycles. The van der Waals surface area contributed by atoms with Crippen molar-refractivity contribution in [2.45, 2.75) is 51.1 Å². The second kappa shape index (κ2) is 13.4. The van der Waals surface area contributed by atoms with Gasteiger partial charge in [-0.15, -0.1) is 0 Å². The number of aryl methyl sites for hydroxylation is 3. The molecular formula is C31H32F3O3PS. The van der Waals surface area contributed by atoms with E-state index in [-0.39, 0.29) is 0 Å². The van der Waals surface area contributed by atoms with E-state index in [0.717, 1.165) is 19.3 Å². The summed E-state index contributed by atoms with van der Waals surface area (Å²) in [7, 11) is -5.67. The molecule has 0 aromatic heterocycles. The third-order valence-corrected chi connectivity index (χ3v) is 10.2. The van der Waals surface area contributed by atoms with Crippen molar-refractivity contribution in [1.29, 1.82) is 0 Å². The summed E-state index contributed by atoms with van der Waals surface area (Å²) in [6.45, 7) is 6.86. The zero-order chi connectivity index (χ0) is 28.6. The first kappa shape index (κ1) is 30.6. The highest BCUT2D eigenvalue weighted by Gasteiger charge is 2.31. The van der Waals surface area contributed by atoms with Crippen LogP contribution in [0.25, 0.3) is 0 Å². The molecule has 0 bridgehead atoms. The summed E-state index contributed by atoms with van der Waals surface area (Å²) in [4.78, 5) is -0.675. The summed E-state index contributed by atoms with van der Waals surface area (Å²) in [6, 6.07) is 29.5. The second-order valence-electron chi connectivity index (χ2n) is 8.93. The Morgan fingerprint density at radius 1 is 0.692 bits per heavy atom. The number of rotatable bonds is 7. The van der Waals surface area contributed by atoms with Crippen LogP contribution in [0.1, 0.15) is 43.0 Å². The average Bonchev–Trinajstić information content (AvgIpc) is 2.94. The van der Waals surface area contributed by atoms with Crippen LogP contribution >= 0.6 is 7.92 Å². The van der Waals surface area contributed by atoms with E-state index in [1.165, 1.54) is 27.3 Å². The van der Waals surface area contributed by atoms with Crippen LogP contribution in [0, 0.1) is 0 Å². The van der Waals surface area contributed by atoms with E-state index < -0.39 is 34.7 Å². The summed E-state index contributed by atoms with van der Waals surface area (Å²) in [5, 5.41) is 4.57. The van der Waals surface area contributed by atoms with Crippen LogP contribution in [0.3, 0.4) is 0 Å². The fourth-order valence-corrected chi connectivity index (χ4v) is 7.97. The minimum atomic E-state index is -4.68. The number of alkyl halides is 3. The Hall–Kier alpha value is -2.99. The lowest BCUT2D eigenvalue weighted by molar-refractivity contribution is -0.137. The Bertz CT molecular complexity index is 1390. The van der Waals surface area contributed by atoms with Crippen molar-refractivity contribution in [2.24, 2.45) is 0 Å². The van der Waals surface area contributed by atoms with E-state index in [0.29, 0.717) is 24.3 Å². The normalized spacial score (nSPS) is 11.7. The maximum atomic E-state index is 12.0. The molecule has 4 aromatic rings. The van der Waals surface area contributed by atoms with Gasteiger partial charge in [-0.2, -0.15) is 13.2 Å².